The molecule has 0 aliphatic carbocycles. The van der Waals surface area contributed by atoms with Gasteiger partial charge in [-0.25, -0.2) is 4.79 Å². The molecule has 1 aromatic heterocycles. The molecule has 3 N–H and O–H groups in total. The van der Waals surface area contributed by atoms with Crippen molar-refractivity contribution >= 4 is 12.0 Å². The second-order valence-corrected chi connectivity index (χ2v) is 4.87. The van der Waals surface area contributed by atoms with Crippen molar-refractivity contribution in [1.82, 2.24) is 10.3 Å². The van der Waals surface area contributed by atoms with Crippen LogP contribution in [0.3, 0.4) is 0 Å². The number of aryl methyl sites for hydroxylation is 3. The molecule has 6 heteroatoms. The highest BCUT2D eigenvalue weighted by molar-refractivity contribution is 5.86. The molecular weight excluding hydrogens is 270 g/mol. The van der Waals surface area contributed by atoms with E-state index in [1.807, 2.05) is 31.2 Å². The van der Waals surface area contributed by atoms with Crippen LogP contribution in [0.25, 0.3) is 0 Å². The van der Waals surface area contributed by atoms with Crippen LogP contribution in [-0.4, -0.2) is 22.7 Å². The van der Waals surface area contributed by atoms with Crippen LogP contribution in [0, 0.1) is 20.8 Å². The monoisotopic (exact) mass is 289 g/mol. The number of hydrogen-bond acceptors (Lipinski definition) is 4. The predicted molar refractivity (Wildman–Crippen MR) is 79.1 cm³/mol. The first-order chi connectivity index (χ1) is 9.97. The molecule has 1 unspecified atom stereocenters. The van der Waals surface area contributed by atoms with Crippen molar-refractivity contribution in [1.29, 1.82) is 0 Å². The molecule has 2 aromatic rings. The molecule has 0 radical (unpaired) electrons. The summed E-state index contributed by atoms with van der Waals surface area (Å²) in [5, 5.41) is 15.2. The van der Waals surface area contributed by atoms with E-state index in [1.165, 1.54) is 0 Å². The van der Waals surface area contributed by atoms with Gasteiger partial charge in [0, 0.05) is 6.54 Å². The van der Waals surface area contributed by atoms with E-state index < -0.39 is 12.1 Å². The normalized spacial score (nSPS) is 12.0. The van der Waals surface area contributed by atoms with Gasteiger partial charge in [-0.2, -0.15) is 4.98 Å². The van der Waals surface area contributed by atoms with Crippen LogP contribution >= 0.6 is 0 Å². The molecule has 0 saturated heterocycles. The zero-order chi connectivity index (χ0) is 15.4. The summed E-state index contributed by atoms with van der Waals surface area (Å²) in [6, 6.07) is 7.18. The van der Waals surface area contributed by atoms with Gasteiger partial charge in [0.2, 0.25) is 0 Å². The number of anilines is 1. The van der Waals surface area contributed by atoms with Crippen LogP contribution in [0.4, 0.5) is 10.8 Å². The van der Waals surface area contributed by atoms with Crippen LogP contribution < -0.4 is 10.6 Å². The number of aliphatic hydroxyl groups is 1. The Kier molecular flexibility index (Phi) is 4.59. The first-order valence-electron chi connectivity index (χ1n) is 6.70. The number of aromatic nitrogens is 1. The fourth-order valence-electron chi connectivity index (χ4n) is 1.93. The van der Waals surface area contributed by atoms with E-state index in [-0.39, 0.29) is 12.6 Å². The number of carbonyl (C=O) groups is 1. The lowest BCUT2D eigenvalue weighted by atomic mass is 10.0. The Balaban J connectivity index is 1.88. The third-order valence-corrected chi connectivity index (χ3v) is 3.25. The Bertz CT molecular complexity index is 617. The zero-order valence-corrected chi connectivity index (χ0v) is 12.3. The Labute approximate surface area is 123 Å². The summed E-state index contributed by atoms with van der Waals surface area (Å²) in [5.74, 6) is 0.658. The van der Waals surface area contributed by atoms with Gasteiger partial charge in [0.05, 0.1) is 11.8 Å². The van der Waals surface area contributed by atoms with Crippen molar-refractivity contribution in [3.63, 3.8) is 0 Å². The summed E-state index contributed by atoms with van der Waals surface area (Å²) in [6.07, 6.45) is -0.759. The Hall–Kier alpha value is -2.34. The van der Waals surface area contributed by atoms with Crippen LogP contribution in [0.2, 0.25) is 0 Å². The van der Waals surface area contributed by atoms with Crippen molar-refractivity contribution in [3.8, 4) is 0 Å². The lowest BCUT2D eigenvalue weighted by molar-refractivity contribution is 0.174. The molecule has 0 bridgehead atoms. The van der Waals surface area contributed by atoms with Gasteiger partial charge in [-0.05, 0) is 31.9 Å². The standard InChI is InChI=1S/C15H19N3O3/c1-9-6-4-5-7-12(9)13(19)8-16-14(20)18-15-17-10(2)11(3)21-15/h4-7,13,19H,8H2,1-3H3,(H2,16,17,18,20). The molecule has 112 valence electrons. The number of nitrogens with zero attached hydrogens (tertiary/aromatic N) is 1. The molecule has 0 spiro atoms. The van der Waals surface area contributed by atoms with E-state index in [9.17, 15) is 9.90 Å². The number of carbonyl (C=O) groups excluding carboxylic acids is 1. The highest BCUT2D eigenvalue weighted by Crippen LogP contribution is 2.16. The van der Waals surface area contributed by atoms with Gasteiger partial charge >= 0.3 is 12.0 Å². The van der Waals surface area contributed by atoms with Crippen molar-refractivity contribution in [2.24, 2.45) is 0 Å². The Morgan fingerprint density at radius 1 is 1.33 bits per heavy atom. The van der Waals surface area contributed by atoms with Crippen molar-refractivity contribution in [2.75, 3.05) is 11.9 Å². The smallest absolute Gasteiger partial charge is 0.322 e. The number of urea groups is 1. The van der Waals surface area contributed by atoms with E-state index in [2.05, 4.69) is 15.6 Å². The summed E-state index contributed by atoms with van der Waals surface area (Å²) in [4.78, 5) is 15.8. The summed E-state index contributed by atoms with van der Waals surface area (Å²) >= 11 is 0. The summed E-state index contributed by atoms with van der Waals surface area (Å²) in [5.41, 5.74) is 2.50. The van der Waals surface area contributed by atoms with Gasteiger partial charge in [0.15, 0.2) is 0 Å². The largest absolute Gasteiger partial charge is 0.428 e. The van der Waals surface area contributed by atoms with Crippen molar-refractivity contribution in [2.45, 2.75) is 26.9 Å². The average Bonchev–Trinajstić information content (AvgIpc) is 2.75. The van der Waals surface area contributed by atoms with Crippen molar-refractivity contribution < 1.29 is 14.3 Å². The molecule has 0 saturated carbocycles. The minimum Gasteiger partial charge on any atom is -0.428 e. The Morgan fingerprint density at radius 2 is 2.05 bits per heavy atom. The van der Waals surface area contributed by atoms with E-state index in [1.54, 1.807) is 13.8 Å². The van der Waals surface area contributed by atoms with E-state index in [0.717, 1.165) is 16.8 Å². The molecule has 6 nitrogen and oxygen atoms in total. The molecule has 1 atom stereocenters. The second kappa shape index (κ2) is 6.41. The maximum absolute atomic E-state index is 11.7. The number of rotatable bonds is 4. The third-order valence-electron chi connectivity index (χ3n) is 3.25. The Morgan fingerprint density at radius 3 is 2.67 bits per heavy atom. The fraction of sp³-hybridized carbons (Fsp3) is 0.333. The quantitative estimate of drug-likeness (QED) is 0.806. The minimum absolute atomic E-state index is 0.107. The van der Waals surface area contributed by atoms with Gasteiger partial charge in [0.25, 0.3) is 0 Å². The van der Waals surface area contributed by atoms with Gasteiger partial charge < -0.3 is 14.8 Å². The van der Waals surface area contributed by atoms with Crippen LogP contribution in [0.15, 0.2) is 28.7 Å². The average molecular weight is 289 g/mol. The van der Waals surface area contributed by atoms with Gasteiger partial charge in [-0.1, -0.05) is 24.3 Å². The molecule has 0 aliphatic heterocycles. The first kappa shape index (κ1) is 15.1. The van der Waals surface area contributed by atoms with Crippen LogP contribution in [0.1, 0.15) is 28.7 Å². The number of benzene rings is 1. The highest BCUT2D eigenvalue weighted by atomic mass is 16.4. The van der Waals surface area contributed by atoms with E-state index >= 15 is 0 Å². The lowest BCUT2D eigenvalue weighted by Crippen LogP contribution is -2.32. The number of aliphatic hydroxyl groups excluding tert-OH is 1. The van der Waals surface area contributed by atoms with Gasteiger partial charge in [-0.3, -0.25) is 5.32 Å². The SMILES string of the molecule is Cc1ccccc1C(O)CNC(=O)Nc1nc(C)c(C)o1. The second-order valence-electron chi connectivity index (χ2n) is 4.87. The maximum Gasteiger partial charge on any atom is 0.322 e. The molecule has 2 amide bonds. The molecule has 1 aromatic carbocycles. The van der Waals surface area contributed by atoms with Crippen LogP contribution in [-0.2, 0) is 0 Å². The summed E-state index contributed by atoms with van der Waals surface area (Å²) in [7, 11) is 0. The van der Waals surface area contributed by atoms with Crippen LogP contribution in [0.5, 0.6) is 0 Å². The van der Waals surface area contributed by atoms with Gasteiger partial charge in [-0.15, -0.1) is 0 Å². The lowest BCUT2D eigenvalue weighted by Gasteiger charge is -2.14. The summed E-state index contributed by atoms with van der Waals surface area (Å²) in [6.45, 7) is 5.59. The molecule has 0 fully saturated rings. The van der Waals surface area contributed by atoms with Crippen molar-refractivity contribution in [3.05, 3.63) is 46.8 Å². The number of oxazole rings is 1. The number of hydrogen-bond donors (Lipinski definition) is 3. The molecule has 0 aliphatic rings. The number of amides is 2. The fourth-order valence-corrected chi connectivity index (χ4v) is 1.93. The van der Waals surface area contributed by atoms with Gasteiger partial charge in [0.1, 0.15) is 5.76 Å². The highest BCUT2D eigenvalue weighted by Gasteiger charge is 2.13. The number of nitrogens with one attached hydrogen (secondary N) is 2. The van der Waals surface area contributed by atoms with E-state index in [4.69, 9.17) is 4.42 Å². The van der Waals surface area contributed by atoms with E-state index in [0.29, 0.717) is 5.76 Å². The zero-order valence-electron chi connectivity index (χ0n) is 12.3. The summed E-state index contributed by atoms with van der Waals surface area (Å²) < 4.78 is 5.25. The third kappa shape index (κ3) is 3.82. The molecule has 1 heterocycles. The molecule has 21 heavy (non-hydrogen) atoms. The topological polar surface area (TPSA) is 87.4 Å². The maximum atomic E-state index is 11.7. The minimum atomic E-state index is -0.759. The molecular formula is C15H19N3O3. The first-order valence-corrected chi connectivity index (χ1v) is 6.70. The molecule has 2 rings (SSSR count). The predicted octanol–water partition coefficient (Wildman–Crippen LogP) is 2.45.